The van der Waals surface area contributed by atoms with Crippen molar-refractivity contribution in [2.24, 2.45) is 17.6 Å². The summed E-state index contributed by atoms with van der Waals surface area (Å²) in [5.41, 5.74) is 5.85. The van der Waals surface area contributed by atoms with Crippen LogP contribution in [-0.4, -0.2) is 55.0 Å². The molecule has 1 fully saturated rings. The molecule has 1 rings (SSSR count). The van der Waals surface area contributed by atoms with Crippen molar-refractivity contribution in [3.05, 3.63) is 0 Å². The molecule has 4 nitrogen and oxygen atoms in total. The summed E-state index contributed by atoms with van der Waals surface area (Å²) in [5, 5.41) is 0. The Hall–Kier alpha value is -0.610. The van der Waals surface area contributed by atoms with Crippen molar-refractivity contribution in [2.45, 2.75) is 33.2 Å². The predicted molar refractivity (Wildman–Crippen MR) is 70.7 cm³/mol. The van der Waals surface area contributed by atoms with Gasteiger partial charge < -0.3 is 10.6 Å². The molecule has 3 atom stereocenters. The van der Waals surface area contributed by atoms with E-state index in [2.05, 4.69) is 18.7 Å². The summed E-state index contributed by atoms with van der Waals surface area (Å²) in [5.74, 6) is 1.45. The fourth-order valence-electron chi connectivity index (χ4n) is 2.80. The summed E-state index contributed by atoms with van der Waals surface area (Å²) in [6.45, 7) is 9.43. The highest BCUT2D eigenvalue weighted by Crippen LogP contribution is 2.26. The minimum Gasteiger partial charge on any atom is -0.345 e. The molecular formula is C13H27N3O. The number of amides is 1. The third-order valence-electron chi connectivity index (χ3n) is 3.93. The number of carbonyl (C=O) groups is 1. The molecule has 4 heteroatoms. The molecular weight excluding hydrogens is 214 g/mol. The van der Waals surface area contributed by atoms with Gasteiger partial charge in [-0.2, -0.15) is 0 Å². The van der Waals surface area contributed by atoms with Crippen molar-refractivity contribution in [1.82, 2.24) is 9.80 Å². The molecule has 0 bridgehead atoms. The number of nitrogens with zero attached hydrogens (tertiary/aromatic N) is 2. The highest BCUT2D eigenvalue weighted by molar-refractivity contribution is 5.78. The number of rotatable bonds is 4. The van der Waals surface area contributed by atoms with Gasteiger partial charge in [0.25, 0.3) is 0 Å². The highest BCUT2D eigenvalue weighted by atomic mass is 16.2. The van der Waals surface area contributed by atoms with Crippen molar-refractivity contribution in [1.29, 1.82) is 0 Å². The zero-order valence-corrected chi connectivity index (χ0v) is 11.6. The van der Waals surface area contributed by atoms with Crippen molar-refractivity contribution in [2.75, 3.05) is 33.2 Å². The zero-order chi connectivity index (χ0) is 13.0. The molecule has 0 aliphatic carbocycles. The largest absolute Gasteiger partial charge is 0.345 e. The Morgan fingerprint density at radius 2 is 2.12 bits per heavy atom. The van der Waals surface area contributed by atoms with Crippen LogP contribution in [0.15, 0.2) is 0 Å². The Balaban J connectivity index is 2.62. The van der Waals surface area contributed by atoms with E-state index >= 15 is 0 Å². The molecule has 0 aromatic rings. The number of hydrogen-bond acceptors (Lipinski definition) is 3. The standard InChI is InChI=1S/C13H27N3O/c1-5-15(4)13(17)9-16-8-10(2)6-11(3)12(16)7-14/h10-12H,5-9,14H2,1-4H3. The zero-order valence-electron chi connectivity index (χ0n) is 11.6. The van der Waals surface area contributed by atoms with Gasteiger partial charge in [0.1, 0.15) is 0 Å². The lowest BCUT2D eigenvalue weighted by Gasteiger charge is -2.42. The number of carbonyl (C=O) groups excluding carboxylic acids is 1. The van der Waals surface area contributed by atoms with E-state index in [1.165, 1.54) is 6.42 Å². The van der Waals surface area contributed by atoms with E-state index in [1.54, 1.807) is 4.90 Å². The third-order valence-corrected chi connectivity index (χ3v) is 3.93. The second-order valence-corrected chi connectivity index (χ2v) is 5.46. The highest BCUT2D eigenvalue weighted by Gasteiger charge is 2.32. The van der Waals surface area contributed by atoms with Gasteiger partial charge in [-0.05, 0) is 25.2 Å². The van der Waals surface area contributed by atoms with Crippen LogP contribution < -0.4 is 5.73 Å². The van der Waals surface area contributed by atoms with E-state index in [-0.39, 0.29) is 5.91 Å². The fourth-order valence-corrected chi connectivity index (χ4v) is 2.80. The van der Waals surface area contributed by atoms with Crippen molar-refractivity contribution >= 4 is 5.91 Å². The van der Waals surface area contributed by atoms with E-state index in [4.69, 9.17) is 5.73 Å². The van der Waals surface area contributed by atoms with Gasteiger partial charge in [0.15, 0.2) is 0 Å². The molecule has 2 N–H and O–H groups in total. The topological polar surface area (TPSA) is 49.6 Å². The summed E-state index contributed by atoms with van der Waals surface area (Å²) in [7, 11) is 1.86. The average Bonchev–Trinajstić information content (AvgIpc) is 2.27. The number of hydrogen-bond donors (Lipinski definition) is 1. The molecule has 17 heavy (non-hydrogen) atoms. The maximum Gasteiger partial charge on any atom is 0.236 e. The van der Waals surface area contributed by atoms with E-state index in [0.717, 1.165) is 13.1 Å². The van der Waals surface area contributed by atoms with E-state index in [0.29, 0.717) is 31.0 Å². The number of likely N-dealkylation sites (N-methyl/N-ethyl adjacent to an activating group) is 1. The maximum absolute atomic E-state index is 12.0. The van der Waals surface area contributed by atoms with Crippen LogP contribution in [0.5, 0.6) is 0 Å². The molecule has 0 aromatic heterocycles. The second kappa shape index (κ2) is 6.36. The number of piperidine rings is 1. The second-order valence-electron chi connectivity index (χ2n) is 5.46. The van der Waals surface area contributed by atoms with Crippen molar-refractivity contribution in [3.8, 4) is 0 Å². The lowest BCUT2D eigenvalue weighted by Crippen LogP contribution is -2.54. The Morgan fingerprint density at radius 3 is 2.65 bits per heavy atom. The Labute approximate surface area is 105 Å². The van der Waals surface area contributed by atoms with Crippen LogP contribution >= 0.6 is 0 Å². The summed E-state index contributed by atoms with van der Waals surface area (Å²) >= 11 is 0. The molecule has 1 aliphatic rings. The minimum absolute atomic E-state index is 0.201. The lowest BCUT2D eigenvalue weighted by molar-refractivity contribution is -0.132. The first-order chi connectivity index (χ1) is 7.99. The third kappa shape index (κ3) is 3.68. The van der Waals surface area contributed by atoms with E-state index in [9.17, 15) is 4.79 Å². The van der Waals surface area contributed by atoms with Crippen molar-refractivity contribution in [3.63, 3.8) is 0 Å². The average molecular weight is 241 g/mol. The summed E-state index contributed by atoms with van der Waals surface area (Å²) < 4.78 is 0. The molecule has 0 aromatic carbocycles. The molecule has 1 amide bonds. The molecule has 1 saturated heterocycles. The summed E-state index contributed by atoms with van der Waals surface area (Å²) in [6.07, 6.45) is 1.22. The van der Waals surface area contributed by atoms with E-state index < -0.39 is 0 Å². The molecule has 0 saturated carbocycles. The quantitative estimate of drug-likeness (QED) is 0.791. The van der Waals surface area contributed by atoms with E-state index in [1.807, 2.05) is 14.0 Å². The predicted octanol–water partition coefficient (Wildman–Crippen LogP) is 0.770. The van der Waals surface area contributed by atoms with Gasteiger partial charge in [0.2, 0.25) is 5.91 Å². The van der Waals surface area contributed by atoms with Crippen LogP contribution in [0.25, 0.3) is 0 Å². The van der Waals surface area contributed by atoms with Crippen molar-refractivity contribution < 1.29 is 4.79 Å². The smallest absolute Gasteiger partial charge is 0.236 e. The maximum atomic E-state index is 12.0. The molecule has 0 radical (unpaired) electrons. The first-order valence-corrected chi connectivity index (χ1v) is 6.67. The van der Waals surface area contributed by atoms with Crippen LogP contribution in [0.1, 0.15) is 27.2 Å². The number of nitrogens with two attached hydrogens (primary N) is 1. The summed E-state index contributed by atoms with van der Waals surface area (Å²) in [6, 6.07) is 0.361. The normalized spacial score (nSPS) is 30.3. The molecule has 1 heterocycles. The van der Waals surface area contributed by atoms with Crippen LogP contribution in [0.4, 0.5) is 0 Å². The monoisotopic (exact) mass is 241 g/mol. The van der Waals surface area contributed by atoms with Gasteiger partial charge in [0, 0.05) is 32.7 Å². The van der Waals surface area contributed by atoms with Crippen LogP contribution in [0.3, 0.4) is 0 Å². The molecule has 1 aliphatic heterocycles. The Kier molecular flexibility index (Phi) is 5.40. The van der Waals surface area contributed by atoms with Crippen LogP contribution in [0, 0.1) is 11.8 Å². The van der Waals surface area contributed by atoms with Gasteiger partial charge in [-0.15, -0.1) is 0 Å². The van der Waals surface area contributed by atoms with Gasteiger partial charge in [0.05, 0.1) is 6.54 Å². The van der Waals surface area contributed by atoms with Gasteiger partial charge >= 0.3 is 0 Å². The fraction of sp³-hybridized carbons (Fsp3) is 0.923. The first-order valence-electron chi connectivity index (χ1n) is 6.67. The number of likely N-dealkylation sites (tertiary alicyclic amines) is 1. The SMILES string of the molecule is CCN(C)C(=O)CN1CC(C)CC(C)C1CN. The lowest BCUT2D eigenvalue weighted by atomic mass is 9.85. The Morgan fingerprint density at radius 1 is 1.47 bits per heavy atom. The van der Waals surface area contributed by atoms with Crippen LogP contribution in [-0.2, 0) is 4.79 Å². The Bertz CT molecular complexity index is 257. The van der Waals surface area contributed by atoms with Gasteiger partial charge in [-0.3, -0.25) is 9.69 Å². The molecule has 100 valence electrons. The molecule has 0 spiro atoms. The molecule has 3 unspecified atom stereocenters. The van der Waals surface area contributed by atoms with Crippen LogP contribution in [0.2, 0.25) is 0 Å². The van der Waals surface area contributed by atoms with Gasteiger partial charge in [-0.25, -0.2) is 0 Å². The minimum atomic E-state index is 0.201. The summed E-state index contributed by atoms with van der Waals surface area (Å²) in [4.78, 5) is 16.0. The first kappa shape index (κ1) is 14.5. The van der Waals surface area contributed by atoms with Gasteiger partial charge in [-0.1, -0.05) is 13.8 Å².